The molecule has 6 heteroatoms. The monoisotopic (exact) mass is 274 g/mol. The second-order valence-corrected chi connectivity index (χ2v) is 5.00. The number of hydrogen-bond acceptors (Lipinski definition) is 3. The molecule has 1 saturated heterocycles. The highest BCUT2D eigenvalue weighted by Gasteiger charge is 2.54. The van der Waals surface area contributed by atoms with Gasteiger partial charge in [-0.1, -0.05) is 6.07 Å². The van der Waals surface area contributed by atoms with Crippen molar-refractivity contribution in [3.63, 3.8) is 0 Å². The summed E-state index contributed by atoms with van der Waals surface area (Å²) in [4.78, 5) is 6.13. The molecule has 0 aromatic carbocycles. The molecule has 2 rings (SSSR count). The van der Waals surface area contributed by atoms with E-state index in [9.17, 15) is 18.3 Å². The van der Waals surface area contributed by atoms with E-state index in [0.717, 1.165) is 5.69 Å². The van der Waals surface area contributed by atoms with Crippen molar-refractivity contribution in [2.24, 2.45) is 0 Å². The maximum atomic E-state index is 12.7. The van der Waals surface area contributed by atoms with Crippen molar-refractivity contribution < 1.29 is 18.3 Å². The van der Waals surface area contributed by atoms with Crippen LogP contribution in [0.15, 0.2) is 24.4 Å². The Bertz CT molecular complexity index is 414. The van der Waals surface area contributed by atoms with Crippen molar-refractivity contribution in [2.45, 2.75) is 37.6 Å². The van der Waals surface area contributed by atoms with Crippen LogP contribution in [0.5, 0.6) is 0 Å². The Morgan fingerprint density at radius 3 is 2.42 bits per heavy atom. The number of nitrogens with zero attached hydrogens (tertiary/aromatic N) is 2. The van der Waals surface area contributed by atoms with Crippen molar-refractivity contribution in [3.8, 4) is 0 Å². The second kappa shape index (κ2) is 5.09. The summed E-state index contributed by atoms with van der Waals surface area (Å²) >= 11 is 0. The number of alkyl halides is 3. The lowest BCUT2D eigenvalue weighted by atomic mass is 9.90. The molecule has 1 aromatic rings. The molecule has 19 heavy (non-hydrogen) atoms. The summed E-state index contributed by atoms with van der Waals surface area (Å²) in [6.45, 7) is 2.35. The number of rotatable bonds is 2. The van der Waals surface area contributed by atoms with Gasteiger partial charge < -0.3 is 5.11 Å². The molecule has 3 nitrogen and oxygen atoms in total. The summed E-state index contributed by atoms with van der Waals surface area (Å²) < 4.78 is 38.1. The van der Waals surface area contributed by atoms with Gasteiger partial charge in [-0.05, 0) is 31.9 Å². The minimum Gasteiger partial charge on any atom is -0.380 e. The van der Waals surface area contributed by atoms with Crippen LogP contribution in [0, 0.1) is 0 Å². The van der Waals surface area contributed by atoms with Gasteiger partial charge in [0.15, 0.2) is 5.60 Å². The lowest BCUT2D eigenvalue weighted by Crippen LogP contribution is -2.53. The summed E-state index contributed by atoms with van der Waals surface area (Å²) in [5.41, 5.74) is -1.70. The van der Waals surface area contributed by atoms with Gasteiger partial charge >= 0.3 is 6.18 Å². The van der Waals surface area contributed by atoms with Crippen molar-refractivity contribution >= 4 is 0 Å². The lowest BCUT2D eigenvalue weighted by molar-refractivity contribution is -0.273. The van der Waals surface area contributed by atoms with Gasteiger partial charge in [0.2, 0.25) is 0 Å². The summed E-state index contributed by atoms with van der Waals surface area (Å²) in [7, 11) is 0. The maximum Gasteiger partial charge on any atom is 0.417 e. The molecule has 1 aliphatic rings. The minimum absolute atomic E-state index is 0.0426. The van der Waals surface area contributed by atoms with Crippen LogP contribution in [0.4, 0.5) is 13.2 Å². The fourth-order valence-electron chi connectivity index (χ4n) is 2.37. The third-order valence-electron chi connectivity index (χ3n) is 3.82. The largest absolute Gasteiger partial charge is 0.417 e. The topological polar surface area (TPSA) is 36.4 Å². The van der Waals surface area contributed by atoms with Gasteiger partial charge in [-0.2, -0.15) is 13.2 Å². The zero-order chi connectivity index (χ0) is 14.1. The molecule has 0 spiro atoms. The van der Waals surface area contributed by atoms with E-state index in [1.54, 1.807) is 12.3 Å². The van der Waals surface area contributed by atoms with Crippen LogP contribution >= 0.6 is 0 Å². The van der Waals surface area contributed by atoms with Crippen LogP contribution in [0.3, 0.4) is 0 Å². The van der Waals surface area contributed by atoms with Crippen molar-refractivity contribution in [1.82, 2.24) is 9.88 Å². The first kappa shape index (κ1) is 14.3. The zero-order valence-electron chi connectivity index (χ0n) is 10.7. The molecule has 106 valence electrons. The first-order valence-corrected chi connectivity index (χ1v) is 6.27. The first-order valence-electron chi connectivity index (χ1n) is 6.27. The highest BCUT2D eigenvalue weighted by atomic mass is 19.4. The van der Waals surface area contributed by atoms with E-state index in [1.165, 1.54) is 0 Å². The standard InChI is InChI=1S/C13H17F3N2O/c1-10(11-4-2-3-7-17-11)18-8-5-12(19,6-9-18)13(14,15)16/h2-4,7,10,19H,5-6,8-9H2,1H3. The van der Waals surface area contributed by atoms with Gasteiger partial charge in [0, 0.05) is 25.3 Å². The number of pyridine rings is 1. The van der Waals surface area contributed by atoms with Crippen molar-refractivity contribution in [3.05, 3.63) is 30.1 Å². The van der Waals surface area contributed by atoms with Crippen molar-refractivity contribution in [2.75, 3.05) is 13.1 Å². The van der Waals surface area contributed by atoms with Gasteiger partial charge in [0.05, 0.1) is 5.69 Å². The van der Waals surface area contributed by atoms with E-state index in [2.05, 4.69) is 4.98 Å². The predicted octanol–water partition coefficient (Wildman–Crippen LogP) is 2.53. The number of aliphatic hydroxyl groups is 1. The molecule has 2 heterocycles. The number of halogens is 3. The van der Waals surface area contributed by atoms with E-state index in [-0.39, 0.29) is 32.0 Å². The summed E-state index contributed by atoms with van der Waals surface area (Å²) in [5, 5.41) is 9.61. The molecule has 0 radical (unpaired) electrons. The molecule has 0 saturated carbocycles. The molecule has 1 aliphatic heterocycles. The van der Waals surface area contributed by atoms with Crippen LogP contribution in [0.2, 0.25) is 0 Å². The Balaban J connectivity index is 2.01. The summed E-state index contributed by atoms with van der Waals surface area (Å²) in [6.07, 6.45) is -3.45. The smallest absolute Gasteiger partial charge is 0.380 e. The Morgan fingerprint density at radius 1 is 1.32 bits per heavy atom. The maximum absolute atomic E-state index is 12.7. The Morgan fingerprint density at radius 2 is 1.95 bits per heavy atom. The first-order chi connectivity index (χ1) is 8.83. The van der Waals surface area contributed by atoms with E-state index in [4.69, 9.17) is 0 Å². The molecule has 0 aliphatic carbocycles. The molecule has 1 fully saturated rings. The third-order valence-corrected chi connectivity index (χ3v) is 3.82. The highest BCUT2D eigenvalue weighted by molar-refractivity contribution is 5.08. The number of hydrogen-bond donors (Lipinski definition) is 1. The fourth-order valence-corrected chi connectivity index (χ4v) is 2.37. The van der Waals surface area contributed by atoms with E-state index in [1.807, 2.05) is 24.0 Å². The van der Waals surface area contributed by atoms with Gasteiger partial charge in [-0.3, -0.25) is 9.88 Å². The molecular weight excluding hydrogens is 257 g/mol. The van der Waals surface area contributed by atoms with Gasteiger partial charge in [-0.15, -0.1) is 0 Å². The van der Waals surface area contributed by atoms with Gasteiger partial charge in [0.1, 0.15) is 0 Å². The van der Waals surface area contributed by atoms with Crippen LogP contribution in [0.1, 0.15) is 31.5 Å². The summed E-state index contributed by atoms with van der Waals surface area (Å²) in [5.74, 6) is 0. The number of aromatic nitrogens is 1. The SMILES string of the molecule is CC(c1ccccn1)N1CCC(O)(C(F)(F)F)CC1. The van der Waals surface area contributed by atoms with E-state index >= 15 is 0 Å². The predicted molar refractivity (Wildman–Crippen MR) is 64.5 cm³/mol. The fraction of sp³-hybridized carbons (Fsp3) is 0.615. The average Bonchev–Trinajstić information content (AvgIpc) is 2.39. The van der Waals surface area contributed by atoms with Crippen LogP contribution in [-0.2, 0) is 0 Å². The minimum atomic E-state index is -4.55. The zero-order valence-corrected chi connectivity index (χ0v) is 10.7. The molecule has 1 unspecified atom stereocenters. The normalized spacial score (nSPS) is 22.2. The lowest BCUT2D eigenvalue weighted by Gasteiger charge is -2.41. The highest BCUT2D eigenvalue weighted by Crippen LogP contribution is 2.39. The molecule has 1 atom stereocenters. The molecular formula is C13H17F3N2O. The Labute approximate surface area is 110 Å². The molecule has 1 aromatic heterocycles. The van der Waals surface area contributed by atoms with E-state index < -0.39 is 11.8 Å². The van der Waals surface area contributed by atoms with Crippen LogP contribution < -0.4 is 0 Å². The van der Waals surface area contributed by atoms with Crippen LogP contribution in [-0.4, -0.2) is 39.9 Å². The van der Waals surface area contributed by atoms with Crippen LogP contribution in [0.25, 0.3) is 0 Å². The van der Waals surface area contributed by atoms with E-state index in [0.29, 0.717) is 0 Å². The Kier molecular flexibility index (Phi) is 3.82. The van der Waals surface area contributed by atoms with Crippen molar-refractivity contribution in [1.29, 1.82) is 0 Å². The summed E-state index contributed by atoms with van der Waals surface area (Å²) in [6, 6.07) is 5.47. The van der Waals surface area contributed by atoms with Gasteiger partial charge in [0.25, 0.3) is 0 Å². The Hall–Kier alpha value is -1.14. The second-order valence-electron chi connectivity index (χ2n) is 5.00. The number of likely N-dealkylation sites (tertiary alicyclic amines) is 1. The third kappa shape index (κ3) is 2.90. The van der Waals surface area contributed by atoms with Gasteiger partial charge in [-0.25, -0.2) is 0 Å². The molecule has 1 N–H and O–H groups in total. The molecule has 0 amide bonds. The molecule has 0 bridgehead atoms. The number of piperidine rings is 1. The quantitative estimate of drug-likeness (QED) is 0.900. The average molecular weight is 274 g/mol.